The van der Waals surface area contributed by atoms with Gasteiger partial charge in [0, 0.05) is 18.2 Å². The van der Waals surface area contributed by atoms with Gasteiger partial charge in [0.1, 0.15) is 0 Å². The molecule has 2 saturated carbocycles. The first kappa shape index (κ1) is 15.5. The molecular weight excluding hydrogens is 300 g/mol. The Hall–Kier alpha value is -1.43. The molecule has 5 nitrogen and oxygen atoms in total. The number of amides is 1. The van der Waals surface area contributed by atoms with Crippen molar-refractivity contribution in [3.8, 4) is 0 Å². The second-order valence-corrected chi connectivity index (χ2v) is 7.48. The number of hydrogen-bond donors (Lipinski definition) is 0. The van der Waals surface area contributed by atoms with Gasteiger partial charge in [-0.15, -0.1) is 0 Å². The van der Waals surface area contributed by atoms with Crippen molar-refractivity contribution in [1.82, 2.24) is 4.90 Å². The quantitative estimate of drug-likeness (QED) is 0.602. The molecule has 6 heteroatoms. The first-order valence-electron chi connectivity index (χ1n) is 8.17. The summed E-state index contributed by atoms with van der Waals surface area (Å²) in [7, 11) is 0. The van der Waals surface area contributed by atoms with Crippen molar-refractivity contribution in [1.29, 1.82) is 0 Å². The molecule has 3 rings (SSSR count). The van der Waals surface area contributed by atoms with Crippen LogP contribution >= 0.6 is 11.3 Å². The lowest BCUT2D eigenvalue weighted by Crippen LogP contribution is -2.43. The van der Waals surface area contributed by atoms with E-state index in [2.05, 4.69) is 6.92 Å². The van der Waals surface area contributed by atoms with Gasteiger partial charge in [-0.2, -0.15) is 0 Å². The number of rotatable bonds is 5. The van der Waals surface area contributed by atoms with Crippen molar-refractivity contribution in [3.63, 3.8) is 0 Å². The number of carbonyl (C=O) groups excluding carboxylic acids is 1. The molecule has 22 heavy (non-hydrogen) atoms. The summed E-state index contributed by atoms with van der Waals surface area (Å²) in [4.78, 5) is 25.8. The van der Waals surface area contributed by atoms with Crippen molar-refractivity contribution in [2.24, 2.45) is 5.92 Å². The molecule has 1 amide bonds. The first-order valence-corrected chi connectivity index (χ1v) is 8.98. The van der Waals surface area contributed by atoms with Gasteiger partial charge >= 0.3 is 5.00 Å². The Bertz CT molecular complexity index is 559. The number of hydrogen-bond acceptors (Lipinski definition) is 4. The molecule has 120 valence electrons. The van der Waals surface area contributed by atoms with Crippen molar-refractivity contribution in [2.45, 2.75) is 64.0 Å². The summed E-state index contributed by atoms with van der Waals surface area (Å²) in [5.41, 5.74) is 0. The molecule has 2 aliphatic rings. The fraction of sp³-hybridized carbons (Fsp3) is 0.688. The summed E-state index contributed by atoms with van der Waals surface area (Å²) < 4.78 is 0. The number of nitro groups is 1. The zero-order valence-electron chi connectivity index (χ0n) is 12.9. The Balaban J connectivity index is 1.73. The lowest BCUT2D eigenvalue weighted by atomic mass is 9.84. The Morgan fingerprint density at radius 1 is 1.23 bits per heavy atom. The SMILES string of the molecule is CCC1CCC(N(C(=O)c2ccc([N+](=O)[O-])s2)C2CC2)CC1. The van der Waals surface area contributed by atoms with Crippen LogP contribution in [-0.4, -0.2) is 27.8 Å². The van der Waals surface area contributed by atoms with Gasteiger partial charge in [0.05, 0.1) is 9.80 Å². The van der Waals surface area contributed by atoms with E-state index in [0.29, 0.717) is 17.0 Å². The topological polar surface area (TPSA) is 63.5 Å². The van der Waals surface area contributed by atoms with Crippen LogP contribution in [0.15, 0.2) is 12.1 Å². The number of carbonyl (C=O) groups is 1. The van der Waals surface area contributed by atoms with E-state index in [1.807, 2.05) is 4.90 Å². The highest BCUT2D eigenvalue weighted by Gasteiger charge is 2.39. The van der Waals surface area contributed by atoms with Crippen LogP contribution in [0.1, 0.15) is 61.5 Å². The average Bonchev–Trinajstić information content (AvgIpc) is 3.22. The van der Waals surface area contributed by atoms with Gasteiger partial charge < -0.3 is 4.90 Å². The molecule has 1 heterocycles. The zero-order valence-corrected chi connectivity index (χ0v) is 13.7. The van der Waals surface area contributed by atoms with Gasteiger partial charge in [0.2, 0.25) is 0 Å². The van der Waals surface area contributed by atoms with Gasteiger partial charge in [-0.1, -0.05) is 24.7 Å². The van der Waals surface area contributed by atoms with Crippen molar-refractivity contribution < 1.29 is 9.72 Å². The third-order valence-electron chi connectivity index (χ3n) is 4.94. The summed E-state index contributed by atoms with van der Waals surface area (Å²) in [6.45, 7) is 2.24. The average molecular weight is 322 g/mol. The van der Waals surface area contributed by atoms with Crippen LogP contribution in [-0.2, 0) is 0 Å². The normalized spacial score (nSPS) is 25.0. The van der Waals surface area contributed by atoms with Crippen LogP contribution in [0.5, 0.6) is 0 Å². The van der Waals surface area contributed by atoms with E-state index in [-0.39, 0.29) is 10.9 Å². The van der Waals surface area contributed by atoms with Gasteiger partial charge in [-0.3, -0.25) is 14.9 Å². The lowest BCUT2D eigenvalue weighted by Gasteiger charge is -2.37. The van der Waals surface area contributed by atoms with E-state index in [4.69, 9.17) is 0 Å². The molecule has 2 aliphatic carbocycles. The van der Waals surface area contributed by atoms with Crippen LogP contribution in [0.25, 0.3) is 0 Å². The minimum atomic E-state index is -0.421. The highest BCUT2D eigenvalue weighted by Crippen LogP contribution is 2.38. The van der Waals surface area contributed by atoms with Gasteiger partial charge in [0.25, 0.3) is 5.91 Å². The molecule has 0 radical (unpaired) electrons. The summed E-state index contributed by atoms with van der Waals surface area (Å²) in [5.74, 6) is 0.802. The fourth-order valence-corrected chi connectivity index (χ4v) is 4.25. The monoisotopic (exact) mass is 322 g/mol. The predicted octanol–water partition coefficient (Wildman–Crippen LogP) is 4.23. The van der Waals surface area contributed by atoms with Crippen LogP contribution in [0.3, 0.4) is 0 Å². The second-order valence-electron chi connectivity index (χ2n) is 6.42. The molecule has 0 atom stereocenters. The third kappa shape index (κ3) is 3.16. The Kier molecular flexibility index (Phi) is 4.47. The molecule has 2 fully saturated rings. The Labute approximate surface area is 134 Å². The van der Waals surface area contributed by atoms with Crippen LogP contribution < -0.4 is 0 Å². The molecule has 1 aromatic rings. The highest BCUT2D eigenvalue weighted by molar-refractivity contribution is 7.17. The van der Waals surface area contributed by atoms with Crippen molar-refractivity contribution in [2.75, 3.05) is 0 Å². The highest BCUT2D eigenvalue weighted by atomic mass is 32.1. The van der Waals surface area contributed by atoms with E-state index in [0.717, 1.165) is 42.9 Å². The largest absolute Gasteiger partial charge is 0.332 e. The van der Waals surface area contributed by atoms with Crippen LogP contribution in [0.4, 0.5) is 5.00 Å². The summed E-state index contributed by atoms with van der Waals surface area (Å²) >= 11 is 1.00. The predicted molar refractivity (Wildman–Crippen MR) is 86.2 cm³/mol. The summed E-state index contributed by atoms with van der Waals surface area (Å²) in [5, 5.41) is 10.9. The summed E-state index contributed by atoms with van der Waals surface area (Å²) in [6, 6.07) is 3.73. The van der Waals surface area contributed by atoms with E-state index in [1.54, 1.807) is 6.07 Å². The molecule has 0 saturated heterocycles. The third-order valence-corrected chi connectivity index (χ3v) is 5.97. The van der Waals surface area contributed by atoms with E-state index in [9.17, 15) is 14.9 Å². The summed E-state index contributed by atoms with van der Waals surface area (Å²) in [6.07, 6.45) is 7.92. The maximum absolute atomic E-state index is 12.8. The molecular formula is C16H22N2O3S. The smallest absolute Gasteiger partial charge is 0.324 e. The van der Waals surface area contributed by atoms with Crippen molar-refractivity contribution >= 4 is 22.2 Å². The van der Waals surface area contributed by atoms with Crippen LogP contribution in [0, 0.1) is 16.0 Å². The lowest BCUT2D eigenvalue weighted by molar-refractivity contribution is -0.380. The van der Waals surface area contributed by atoms with E-state index >= 15 is 0 Å². The maximum Gasteiger partial charge on any atom is 0.324 e. The first-order chi connectivity index (χ1) is 10.6. The van der Waals surface area contributed by atoms with Gasteiger partial charge in [-0.05, 0) is 50.5 Å². The number of thiophene rings is 1. The maximum atomic E-state index is 12.8. The molecule has 0 unspecified atom stereocenters. The van der Waals surface area contributed by atoms with Gasteiger partial charge in [-0.25, -0.2) is 0 Å². The molecule has 1 aromatic heterocycles. The van der Waals surface area contributed by atoms with E-state index < -0.39 is 4.92 Å². The standard InChI is InChI=1S/C16H22N2O3S/c1-2-11-3-5-12(6-4-11)17(13-7-8-13)16(19)14-9-10-15(22-14)18(20)21/h9-13H,2-8H2,1H3. The molecule has 0 N–H and O–H groups in total. The molecule has 0 bridgehead atoms. The fourth-order valence-electron chi connectivity index (χ4n) is 3.48. The van der Waals surface area contributed by atoms with Crippen molar-refractivity contribution in [3.05, 3.63) is 27.1 Å². The molecule has 0 aliphatic heterocycles. The molecule has 0 aromatic carbocycles. The van der Waals surface area contributed by atoms with Gasteiger partial charge in [0.15, 0.2) is 0 Å². The minimum Gasteiger partial charge on any atom is -0.332 e. The second kappa shape index (κ2) is 6.36. The zero-order chi connectivity index (χ0) is 15.7. The van der Waals surface area contributed by atoms with Crippen LogP contribution in [0.2, 0.25) is 0 Å². The number of nitrogens with zero attached hydrogens (tertiary/aromatic N) is 2. The Morgan fingerprint density at radius 3 is 2.27 bits per heavy atom. The minimum absolute atomic E-state index is 0.000508. The molecule has 0 spiro atoms. The van der Waals surface area contributed by atoms with E-state index in [1.165, 1.54) is 25.3 Å². The Morgan fingerprint density at radius 2 is 1.82 bits per heavy atom.